The smallest absolute Gasteiger partial charge is 0.251 e. The van der Waals surface area contributed by atoms with Crippen molar-refractivity contribution in [1.29, 1.82) is 0 Å². The highest BCUT2D eigenvalue weighted by molar-refractivity contribution is 7.12. The summed E-state index contributed by atoms with van der Waals surface area (Å²) in [6.07, 6.45) is 0. The number of hydrogen-bond acceptors (Lipinski definition) is 3. The number of hydrogen-bond donors (Lipinski definition) is 2. The zero-order valence-electron chi connectivity index (χ0n) is 12.2. The van der Waals surface area contributed by atoms with Gasteiger partial charge in [-0.15, -0.1) is 11.3 Å². The minimum atomic E-state index is -0.0722. The van der Waals surface area contributed by atoms with E-state index < -0.39 is 0 Å². The van der Waals surface area contributed by atoms with E-state index in [1.807, 2.05) is 12.1 Å². The molecule has 0 aliphatic carbocycles. The Balaban J connectivity index is 1.97. The number of benzene rings is 1. The predicted octanol–water partition coefficient (Wildman–Crippen LogP) is 2.61. The maximum absolute atomic E-state index is 12.1. The Bertz CT molecular complexity index is 670. The van der Waals surface area contributed by atoms with Gasteiger partial charge in [0.15, 0.2) is 0 Å². The van der Waals surface area contributed by atoms with Crippen molar-refractivity contribution in [2.45, 2.75) is 20.4 Å². The van der Waals surface area contributed by atoms with Crippen molar-refractivity contribution >= 4 is 17.2 Å². The molecule has 0 saturated heterocycles. The molecule has 0 saturated carbocycles. The Hall–Kier alpha value is -2.09. The molecule has 0 aliphatic rings. The SMILES string of the molecule is Cc1cc(CNC(=O)c2ccc(C#CCN)cc2)sc1C. The third kappa shape index (κ3) is 4.19. The van der Waals surface area contributed by atoms with Crippen molar-refractivity contribution < 1.29 is 4.79 Å². The summed E-state index contributed by atoms with van der Waals surface area (Å²) in [4.78, 5) is 14.5. The Morgan fingerprint density at radius 2 is 2.00 bits per heavy atom. The number of rotatable bonds is 3. The number of nitrogens with two attached hydrogens (primary N) is 1. The number of nitrogens with one attached hydrogen (secondary N) is 1. The fourth-order valence-electron chi connectivity index (χ4n) is 1.86. The quantitative estimate of drug-likeness (QED) is 0.856. The van der Waals surface area contributed by atoms with Crippen molar-refractivity contribution in [3.63, 3.8) is 0 Å². The Kier molecular flexibility index (Phi) is 5.15. The van der Waals surface area contributed by atoms with Gasteiger partial charge in [0.1, 0.15) is 0 Å². The average Bonchev–Trinajstić information content (AvgIpc) is 2.82. The van der Waals surface area contributed by atoms with Gasteiger partial charge in [-0.3, -0.25) is 4.79 Å². The molecule has 0 aliphatic heterocycles. The molecule has 1 aromatic carbocycles. The minimum Gasteiger partial charge on any atom is -0.347 e. The second-order valence-electron chi connectivity index (χ2n) is 4.72. The molecule has 0 atom stereocenters. The van der Waals surface area contributed by atoms with E-state index in [-0.39, 0.29) is 5.91 Å². The lowest BCUT2D eigenvalue weighted by atomic mass is 10.1. The monoisotopic (exact) mass is 298 g/mol. The van der Waals surface area contributed by atoms with Gasteiger partial charge in [0, 0.05) is 20.9 Å². The first-order valence-electron chi connectivity index (χ1n) is 6.73. The Morgan fingerprint density at radius 3 is 2.57 bits per heavy atom. The molecule has 2 rings (SSSR count). The molecular weight excluding hydrogens is 280 g/mol. The third-order valence-corrected chi connectivity index (χ3v) is 4.27. The van der Waals surface area contributed by atoms with Crippen LogP contribution in [0.4, 0.5) is 0 Å². The molecule has 0 fully saturated rings. The molecule has 108 valence electrons. The number of thiophene rings is 1. The molecule has 0 radical (unpaired) electrons. The lowest BCUT2D eigenvalue weighted by Crippen LogP contribution is -2.22. The molecule has 0 bridgehead atoms. The van der Waals surface area contributed by atoms with Gasteiger partial charge in [-0.25, -0.2) is 0 Å². The summed E-state index contributed by atoms with van der Waals surface area (Å²) in [6.45, 7) is 5.07. The van der Waals surface area contributed by atoms with E-state index in [0.717, 1.165) is 5.56 Å². The van der Waals surface area contributed by atoms with Gasteiger partial charge in [0.05, 0.1) is 13.1 Å². The first-order valence-corrected chi connectivity index (χ1v) is 7.55. The first-order chi connectivity index (χ1) is 10.1. The molecule has 1 heterocycles. The van der Waals surface area contributed by atoms with Crippen LogP contribution in [0.1, 0.15) is 31.2 Å². The molecular formula is C17H18N2OS. The minimum absolute atomic E-state index is 0.0722. The van der Waals surface area contributed by atoms with Crippen LogP contribution in [-0.4, -0.2) is 12.5 Å². The van der Waals surface area contributed by atoms with Crippen molar-refractivity contribution in [1.82, 2.24) is 5.32 Å². The van der Waals surface area contributed by atoms with Crippen molar-refractivity contribution in [3.8, 4) is 11.8 Å². The van der Waals surface area contributed by atoms with Gasteiger partial charge in [0.2, 0.25) is 0 Å². The van der Waals surface area contributed by atoms with Gasteiger partial charge in [-0.2, -0.15) is 0 Å². The first kappa shape index (κ1) is 15.3. The number of amides is 1. The zero-order chi connectivity index (χ0) is 15.2. The zero-order valence-corrected chi connectivity index (χ0v) is 13.0. The summed E-state index contributed by atoms with van der Waals surface area (Å²) >= 11 is 1.72. The summed E-state index contributed by atoms with van der Waals surface area (Å²) in [5.41, 5.74) is 8.10. The average molecular weight is 298 g/mol. The third-order valence-electron chi connectivity index (χ3n) is 3.12. The van der Waals surface area contributed by atoms with E-state index in [1.165, 1.54) is 15.3 Å². The maximum atomic E-state index is 12.1. The molecule has 2 aromatic rings. The normalized spacial score (nSPS) is 9.86. The number of carbonyl (C=O) groups is 1. The summed E-state index contributed by atoms with van der Waals surface area (Å²) < 4.78 is 0. The van der Waals surface area contributed by atoms with Crippen LogP contribution < -0.4 is 11.1 Å². The largest absolute Gasteiger partial charge is 0.347 e. The maximum Gasteiger partial charge on any atom is 0.251 e. The van der Waals surface area contributed by atoms with Crippen molar-refractivity contribution in [2.75, 3.05) is 6.54 Å². The summed E-state index contributed by atoms with van der Waals surface area (Å²) in [5.74, 6) is 5.65. The summed E-state index contributed by atoms with van der Waals surface area (Å²) in [7, 11) is 0. The Morgan fingerprint density at radius 1 is 1.29 bits per heavy atom. The van der Waals surface area contributed by atoms with Gasteiger partial charge < -0.3 is 11.1 Å². The fourth-order valence-corrected chi connectivity index (χ4v) is 2.86. The van der Waals surface area contributed by atoms with Crippen LogP contribution in [0.3, 0.4) is 0 Å². The highest BCUT2D eigenvalue weighted by Gasteiger charge is 2.07. The molecule has 0 spiro atoms. The second-order valence-corrected chi connectivity index (χ2v) is 6.06. The van der Waals surface area contributed by atoms with Crippen LogP contribution in [0.25, 0.3) is 0 Å². The summed E-state index contributed by atoms with van der Waals surface area (Å²) in [6, 6.07) is 9.33. The molecule has 3 nitrogen and oxygen atoms in total. The van der Waals surface area contributed by atoms with Crippen LogP contribution in [0.5, 0.6) is 0 Å². The van der Waals surface area contributed by atoms with Crippen LogP contribution in [0.2, 0.25) is 0 Å². The molecule has 4 heteroatoms. The second kappa shape index (κ2) is 7.07. The van der Waals surface area contributed by atoms with Gasteiger partial charge >= 0.3 is 0 Å². The standard InChI is InChI=1S/C17H18N2OS/c1-12-10-16(21-13(12)2)11-19-17(20)15-7-5-14(6-8-15)4-3-9-18/h5-8,10H,9,11,18H2,1-2H3,(H,19,20). The van der Waals surface area contributed by atoms with Gasteiger partial charge in [-0.1, -0.05) is 11.8 Å². The predicted molar refractivity (Wildman–Crippen MR) is 87.3 cm³/mol. The van der Waals surface area contributed by atoms with Crippen LogP contribution >= 0.6 is 11.3 Å². The van der Waals surface area contributed by atoms with Crippen molar-refractivity contribution in [2.24, 2.45) is 5.73 Å². The van der Waals surface area contributed by atoms with Crippen LogP contribution in [0, 0.1) is 25.7 Å². The van der Waals surface area contributed by atoms with E-state index in [0.29, 0.717) is 18.7 Å². The molecule has 3 N–H and O–H groups in total. The van der Waals surface area contributed by atoms with Gasteiger partial charge in [0.25, 0.3) is 5.91 Å². The lowest BCUT2D eigenvalue weighted by Gasteiger charge is -2.03. The fraction of sp³-hybridized carbons (Fsp3) is 0.235. The summed E-state index contributed by atoms with van der Waals surface area (Å²) in [5, 5.41) is 2.93. The van der Waals surface area contributed by atoms with E-state index in [9.17, 15) is 4.79 Å². The molecule has 1 amide bonds. The van der Waals surface area contributed by atoms with E-state index in [1.54, 1.807) is 23.5 Å². The van der Waals surface area contributed by atoms with Gasteiger partial charge in [-0.05, 0) is 49.7 Å². The Labute approximate surface area is 129 Å². The highest BCUT2D eigenvalue weighted by Crippen LogP contribution is 2.20. The van der Waals surface area contributed by atoms with Crippen LogP contribution in [-0.2, 0) is 6.54 Å². The topological polar surface area (TPSA) is 55.1 Å². The molecule has 0 unspecified atom stereocenters. The number of aryl methyl sites for hydroxylation is 2. The number of carbonyl (C=O) groups excluding carboxylic acids is 1. The van der Waals surface area contributed by atoms with Crippen molar-refractivity contribution in [3.05, 3.63) is 56.8 Å². The van der Waals surface area contributed by atoms with Crippen LogP contribution in [0.15, 0.2) is 30.3 Å². The van der Waals surface area contributed by atoms with E-state index in [2.05, 4.69) is 37.1 Å². The molecule has 1 aromatic heterocycles. The lowest BCUT2D eigenvalue weighted by molar-refractivity contribution is 0.0951. The highest BCUT2D eigenvalue weighted by atomic mass is 32.1. The van der Waals surface area contributed by atoms with E-state index in [4.69, 9.17) is 5.73 Å². The van der Waals surface area contributed by atoms with E-state index >= 15 is 0 Å². The molecule has 21 heavy (non-hydrogen) atoms.